The Kier molecular flexibility index (Phi) is 4.68. The molecule has 0 aromatic carbocycles. The number of nitrogens with zero attached hydrogens (tertiary/aromatic N) is 3. The molecule has 1 rings (SSSR count). The van der Waals surface area contributed by atoms with Crippen molar-refractivity contribution in [2.45, 2.75) is 19.8 Å². The van der Waals surface area contributed by atoms with E-state index in [9.17, 15) is 4.79 Å². The van der Waals surface area contributed by atoms with E-state index in [-0.39, 0.29) is 5.91 Å². The first-order chi connectivity index (χ1) is 7.54. The van der Waals surface area contributed by atoms with Crippen molar-refractivity contribution in [2.75, 3.05) is 26.8 Å². The molecule has 0 spiro atoms. The van der Waals surface area contributed by atoms with Gasteiger partial charge in [0, 0.05) is 20.1 Å². The third-order valence-electron chi connectivity index (χ3n) is 3.14. The van der Waals surface area contributed by atoms with Crippen LogP contribution in [0.5, 0.6) is 0 Å². The normalized spacial score (nSPS) is 18.1. The van der Waals surface area contributed by atoms with E-state index in [1.807, 2.05) is 11.9 Å². The standard InChI is InChI=1S/C12H21N3O/c1-10-5-7-15(8-6-10)9-14(4)11(2)12(16)13-3/h10H,2-3,5-9H2,1,4H3. The van der Waals surface area contributed by atoms with Gasteiger partial charge in [0.2, 0.25) is 0 Å². The maximum absolute atomic E-state index is 11.3. The quantitative estimate of drug-likeness (QED) is 0.533. The minimum atomic E-state index is -0.340. The number of carbonyl (C=O) groups is 1. The van der Waals surface area contributed by atoms with Gasteiger partial charge >= 0.3 is 0 Å². The molecule has 1 amide bonds. The summed E-state index contributed by atoms with van der Waals surface area (Å²) in [6, 6.07) is 0. The van der Waals surface area contributed by atoms with Crippen molar-refractivity contribution >= 4 is 12.6 Å². The number of likely N-dealkylation sites (N-methyl/N-ethyl adjacent to an activating group) is 1. The highest BCUT2D eigenvalue weighted by atomic mass is 16.1. The second-order valence-electron chi connectivity index (χ2n) is 4.55. The molecule has 0 N–H and O–H groups in total. The highest BCUT2D eigenvalue weighted by Gasteiger charge is 2.18. The van der Waals surface area contributed by atoms with Crippen LogP contribution in [0.4, 0.5) is 0 Å². The van der Waals surface area contributed by atoms with E-state index < -0.39 is 0 Å². The summed E-state index contributed by atoms with van der Waals surface area (Å²) in [6.07, 6.45) is 2.46. The number of likely N-dealkylation sites (tertiary alicyclic amines) is 1. The smallest absolute Gasteiger partial charge is 0.292 e. The molecule has 1 heterocycles. The van der Waals surface area contributed by atoms with Crippen LogP contribution in [-0.4, -0.2) is 49.2 Å². The predicted molar refractivity (Wildman–Crippen MR) is 66.3 cm³/mol. The summed E-state index contributed by atoms with van der Waals surface area (Å²) in [5.41, 5.74) is 0.411. The Morgan fingerprint density at radius 1 is 1.50 bits per heavy atom. The van der Waals surface area contributed by atoms with Gasteiger partial charge < -0.3 is 4.90 Å². The van der Waals surface area contributed by atoms with Crippen LogP contribution in [-0.2, 0) is 4.79 Å². The second-order valence-corrected chi connectivity index (χ2v) is 4.55. The molecule has 0 radical (unpaired) electrons. The lowest BCUT2D eigenvalue weighted by molar-refractivity contribution is -0.115. The van der Waals surface area contributed by atoms with E-state index in [0.29, 0.717) is 5.70 Å². The predicted octanol–water partition coefficient (Wildman–Crippen LogP) is 1.35. The van der Waals surface area contributed by atoms with Gasteiger partial charge in [0.1, 0.15) is 0 Å². The SMILES string of the molecule is C=NC(=O)C(=C)N(C)CN1CCC(C)CC1. The van der Waals surface area contributed by atoms with E-state index in [0.717, 1.165) is 25.7 Å². The zero-order chi connectivity index (χ0) is 12.1. The van der Waals surface area contributed by atoms with Crippen molar-refractivity contribution < 1.29 is 4.79 Å². The minimum absolute atomic E-state index is 0.340. The first kappa shape index (κ1) is 12.9. The zero-order valence-corrected chi connectivity index (χ0v) is 10.3. The van der Waals surface area contributed by atoms with Crippen LogP contribution in [0.25, 0.3) is 0 Å². The van der Waals surface area contributed by atoms with E-state index in [1.165, 1.54) is 12.8 Å². The van der Waals surface area contributed by atoms with Gasteiger partial charge in [0.25, 0.3) is 5.91 Å². The van der Waals surface area contributed by atoms with Gasteiger partial charge in [-0.3, -0.25) is 9.69 Å². The van der Waals surface area contributed by atoms with E-state index >= 15 is 0 Å². The molecular formula is C12H21N3O. The van der Waals surface area contributed by atoms with Crippen LogP contribution in [0, 0.1) is 5.92 Å². The maximum atomic E-state index is 11.3. The van der Waals surface area contributed by atoms with Gasteiger partial charge in [-0.05, 0) is 25.5 Å². The van der Waals surface area contributed by atoms with Crippen LogP contribution in [0.1, 0.15) is 19.8 Å². The molecule has 16 heavy (non-hydrogen) atoms. The minimum Gasteiger partial charge on any atom is -0.358 e. The van der Waals surface area contributed by atoms with Gasteiger partial charge in [0.05, 0.1) is 12.4 Å². The van der Waals surface area contributed by atoms with Crippen LogP contribution in [0.2, 0.25) is 0 Å². The molecular weight excluding hydrogens is 202 g/mol. The van der Waals surface area contributed by atoms with Crippen molar-refractivity contribution in [1.29, 1.82) is 0 Å². The van der Waals surface area contributed by atoms with Gasteiger partial charge in [0.15, 0.2) is 0 Å². The molecule has 4 heteroatoms. The number of rotatable bonds is 4. The van der Waals surface area contributed by atoms with Gasteiger partial charge in [-0.2, -0.15) is 0 Å². The average molecular weight is 223 g/mol. The molecule has 1 aliphatic heterocycles. The monoisotopic (exact) mass is 223 g/mol. The molecule has 90 valence electrons. The summed E-state index contributed by atoms with van der Waals surface area (Å²) in [5, 5.41) is 0. The number of hydrogen-bond donors (Lipinski definition) is 0. The van der Waals surface area contributed by atoms with Crippen molar-refractivity contribution in [3.63, 3.8) is 0 Å². The summed E-state index contributed by atoms with van der Waals surface area (Å²) in [7, 11) is 1.86. The highest BCUT2D eigenvalue weighted by molar-refractivity contribution is 5.95. The summed E-state index contributed by atoms with van der Waals surface area (Å²) in [5.74, 6) is 0.481. The maximum Gasteiger partial charge on any atom is 0.292 e. The Hall–Kier alpha value is -1.16. The van der Waals surface area contributed by atoms with Gasteiger partial charge in [-0.1, -0.05) is 13.5 Å². The number of aliphatic imine (C=N–C) groups is 1. The molecule has 0 aromatic rings. The summed E-state index contributed by atoms with van der Waals surface area (Å²) in [4.78, 5) is 18.8. The summed E-state index contributed by atoms with van der Waals surface area (Å²) < 4.78 is 0. The molecule has 4 nitrogen and oxygen atoms in total. The lowest BCUT2D eigenvalue weighted by Crippen LogP contribution is -2.40. The lowest BCUT2D eigenvalue weighted by Gasteiger charge is -2.34. The fourth-order valence-electron chi connectivity index (χ4n) is 1.84. The molecule has 1 fully saturated rings. The third kappa shape index (κ3) is 3.45. The Labute approximate surface area is 97.6 Å². The van der Waals surface area contributed by atoms with Gasteiger partial charge in [-0.15, -0.1) is 0 Å². The number of amides is 1. The summed E-state index contributed by atoms with van der Waals surface area (Å²) in [6.45, 7) is 12.2. The van der Waals surface area contributed by atoms with E-state index in [2.05, 4.69) is 30.1 Å². The van der Waals surface area contributed by atoms with Crippen LogP contribution >= 0.6 is 0 Å². The Morgan fingerprint density at radius 3 is 2.56 bits per heavy atom. The second kappa shape index (κ2) is 5.80. The molecule has 0 aromatic heterocycles. The van der Waals surface area contributed by atoms with Crippen molar-refractivity contribution in [3.8, 4) is 0 Å². The van der Waals surface area contributed by atoms with E-state index in [4.69, 9.17) is 0 Å². The topological polar surface area (TPSA) is 35.9 Å². The van der Waals surface area contributed by atoms with Crippen LogP contribution in [0.15, 0.2) is 17.3 Å². The Bertz CT molecular complexity index is 280. The zero-order valence-electron chi connectivity index (χ0n) is 10.3. The Balaban J connectivity index is 2.39. The Morgan fingerprint density at radius 2 is 2.06 bits per heavy atom. The fourth-order valence-corrected chi connectivity index (χ4v) is 1.84. The molecule has 0 aliphatic carbocycles. The first-order valence-corrected chi connectivity index (χ1v) is 5.68. The molecule has 0 saturated carbocycles. The number of hydrogen-bond acceptors (Lipinski definition) is 3. The third-order valence-corrected chi connectivity index (χ3v) is 3.14. The fraction of sp³-hybridized carbons (Fsp3) is 0.667. The average Bonchev–Trinajstić information content (AvgIpc) is 2.30. The summed E-state index contributed by atoms with van der Waals surface area (Å²) >= 11 is 0. The molecule has 1 saturated heterocycles. The van der Waals surface area contributed by atoms with Crippen molar-refractivity contribution in [2.24, 2.45) is 10.9 Å². The van der Waals surface area contributed by atoms with E-state index in [1.54, 1.807) is 0 Å². The molecule has 1 aliphatic rings. The molecule has 0 atom stereocenters. The largest absolute Gasteiger partial charge is 0.358 e. The van der Waals surface area contributed by atoms with Gasteiger partial charge in [-0.25, -0.2) is 4.99 Å². The van der Waals surface area contributed by atoms with Crippen LogP contribution in [0.3, 0.4) is 0 Å². The van der Waals surface area contributed by atoms with Crippen LogP contribution < -0.4 is 0 Å². The number of carbonyl (C=O) groups excluding carboxylic acids is 1. The van der Waals surface area contributed by atoms with Crippen molar-refractivity contribution in [3.05, 3.63) is 12.3 Å². The molecule has 0 unspecified atom stereocenters. The highest BCUT2D eigenvalue weighted by Crippen LogP contribution is 2.16. The lowest BCUT2D eigenvalue weighted by atomic mass is 10.00. The first-order valence-electron chi connectivity index (χ1n) is 5.68. The van der Waals surface area contributed by atoms with Crippen molar-refractivity contribution in [1.82, 2.24) is 9.80 Å². The number of piperidine rings is 1. The molecule has 0 bridgehead atoms.